The number of alkyl halides is 3. The molecule has 2 aromatic heterocycles. The molecule has 2 aromatic carbocycles. The first-order valence-corrected chi connectivity index (χ1v) is 8.75. The number of fused-ring (bicyclic) bond motifs is 1. The maximum Gasteiger partial charge on any atom is 0.417 e. The summed E-state index contributed by atoms with van der Waals surface area (Å²) in [5.74, 6) is -0.757. The number of nitrogens with one attached hydrogen (secondary N) is 1. The van der Waals surface area contributed by atoms with Crippen LogP contribution in [0, 0.1) is 0 Å². The van der Waals surface area contributed by atoms with E-state index in [0.717, 1.165) is 11.8 Å². The number of hydrogen-bond acceptors (Lipinski definition) is 3. The van der Waals surface area contributed by atoms with Crippen LogP contribution in [0.15, 0.2) is 73.1 Å². The third kappa shape index (κ3) is 3.96. The highest BCUT2D eigenvalue weighted by Gasteiger charge is 2.37. The van der Waals surface area contributed by atoms with Crippen molar-refractivity contribution in [2.45, 2.75) is 12.7 Å². The molecule has 1 amide bonds. The van der Waals surface area contributed by atoms with Crippen molar-refractivity contribution in [3.63, 3.8) is 0 Å². The van der Waals surface area contributed by atoms with Crippen molar-refractivity contribution in [1.82, 2.24) is 14.8 Å². The molecule has 0 saturated heterocycles. The number of aromatic nitrogens is 3. The molecule has 0 aliphatic rings. The Kier molecular flexibility index (Phi) is 4.75. The lowest BCUT2D eigenvalue weighted by Gasteiger charge is -2.14. The average molecular weight is 396 g/mol. The minimum Gasteiger partial charge on any atom is -0.305 e. The van der Waals surface area contributed by atoms with Crippen molar-refractivity contribution < 1.29 is 18.0 Å². The van der Waals surface area contributed by atoms with Gasteiger partial charge >= 0.3 is 6.18 Å². The van der Waals surface area contributed by atoms with E-state index in [0.29, 0.717) is 6.54 Å². The lowest BCUT2D eigenvalue weighted by atomic mass is 10.0. The van der Waals surface area contributed by atoms with E-state index < -0.39 is 23.2 Å². The second-order valence-corrected chi connectivity index (χ2v) is 6.40. The fourth-order valence-electron chi connectivity index (χ4n) is 3.09. The Hall–Kier alpha value is -3.68. The van der Waals surface area contributed by atoms with Gasteiger partial charge in [0.05, 0.1) is 23.2 Å². The van der Waals surface area contributed by atoms with Gasteiger partial charge in [-0.3, -0.25) is 14.5 Å². The number of carbonyl (C=O) groups excluding carboxylic acids is 1. The minimum atomic E-state index is -4.71. The highest BCUT2D eigenvalue weighted by atomic mass is 19.4. The van der Waals surface area contributed by atoms with Crippen LogP contribution in [0.1, 0.15) is 21.5 Å². The normalized spacial score (nSPS) is 11.6. The lowest BCUT2D eigenvalue weighted by Crippen LogP contribution is -2.20. The fourth-order valence-corrected chi connectivity index (χ4v) is 3.09. The van der Waals surface area contributed by atoms with Gasteiger partial charge in [0.2, 0.25) is 0 Å². The summed E-state index contributed by atoms with van der Waals surface area (Å²) in [4.78, 5) is 16.6. The smallest absolute Gasteiger partial charge is 0.305 e. The van der Waals surface area contributed by atoms with E-state index in [9.17, 15) is 18.0 Å². The van der Waals surface area contributed by atoms with Gasteiger partial charge in [-0.1, -0.05) is 48.5 Å². The number of halogens is 3. The predicted octanol–water partition coefficient (Wildman–Crippen LogP) is 4.75. The molecular formula is C21H15F3N4O. The highest BCUT2D eigenvalue weighted by Crippen LogP contribution is 2.36. The molecule has 2 heterocycles. The summed E-state index contributed by atoms with van der Waals surface area (Å²) in [6.45, 7) is 0.474. The molecular weight excluding hydrogens is 381 g/mol. The van der Waals surface area contributed by atoms with E-state index in [1.807, 2.05) is 30.3 Å². The molecule has 29 heavy (non-hydrogen) atoms. The zero-order valence-electron chi connectivity index (χ0n) is 15.0. The van der Waals surface area contributed by atoms with Crippen molar-refractivity contribution in [2.75, 3.05) is 5.32 Å². The van der Waals surface area contributed by atoms with Crippen LogP contribution in [0.5, 0.6) is 0 Å². The van der Waals surface area contributed by atoms with E-state index in [4.69, 9.17) is 0 Å². The van der Waals surface area contributed by atoms with Crippen LogP contribution in [0.25, 0.3) is 10.9 Å². The molecule has 0 unspecified atom stereocenters. The largest absolute Gasteiger partial charge is 0.417 e. The molecule has 0 bridgehead atoms. The van der Waals surface area contributed by atoms with E-state index in [1.165, 1.54) is 24.3 Å². The fraction of sp³-hybridized carbons (Fsp3) is 0.0952. The van der Waals surface area contributed by atoms with Gasteiger partial charge < -0.3 is 5.32 Å². The van der Waals surface area contributed by atoms with Gasteiger partial charge in [0.25, 0.3) is 5.91 Å². The van der Waals surface area contributed by atoms with Crippen molar-refractivity contribution in [2.24, 2.45) is 0 Å². The summed E-state index contributed by atoms with van der Waals surface area (Å²) < 4.78 is 42.7. The number of para-hydroxylation sites is 1. The maximum atomic E-state index is 13.7. The Morgan fingerprint density at radius 3 is 2.48 bits per heavy atom. The Morgan fingerprint density at radius 1 is 1.00 bits per heavy atom. The molecule has 5 nitrogen and oxygen atoms in total. The van der Waals surface area contributed by atoms with Gasteiger partial charge in [0.15, 0.2) is 5.82 Å². The summed E-state index contributed by atoms with van der Waals surface area (Å²) in [6, 6.07) is 16.9. The Balaban J connectivity index is 1.62. The molecule has 0 radical (unpaired) electrons. The molecule has 0 aliphatic heterocycles. The summed E-state index contributed by atoms with van der Waals surface area (Å²) in [7, 11) is 0. The standard InChI is InChI=1S/C21H15F3N4O/c22-21(23,24)19-15-8-4-5-9-17(15)25-12-16(19)20(29)26-18-10-11-28(27-18)13-14-6-2-1-3-7-14/h1-12H,13H2,(H,26,27,29). The van der Waals surface area contributed by atoms with Crippen LogP contribution in [0.3, 0.4) is 0 Å². The van der Waals surface area contributed by atoms with Crippen LogP contribution < -0.4 is 5.32 Å². The third-order valence-electron chi connectivity index (χ3n) is 4.37. The molecule has 0 aliphatic carbocycles. The number of anilines is 1. The minimum absolute atomic E-state index is 0.123. The molecule has 4 rings (SSSR count). The summed E-state index contributed by atoms with van der Waals surface area (Å²) in [5, 5.41) is 6.52. The van der Waals surface area contributed by atoms with Crippen LogP contribution in [-0.4, -0.2) is 20.7 Å². The second kappa shape index (κ2) is 7.38. The predicted molar refractivity (Wildman–Crippen MR) is 102 cm³/mol. The first-order chi connectivity index (χ1) is 13.9. The van der Waals surface area contributed by atoms with Crippen molar-refractivity contribution in [1.29, 1.82) is 0 Å². The van der Waals surface area contributed by atoms with Crippen LogP contribution >= 0.6 is 0 Å². The molecule has 0 fully saturated rings. The number of hydrogen-bond donors (Lipinski definition) is 1. The van der Waals surface area contributed by atoms with Gasteiger partial charge in [-0.2, -0.15) is 18.3 Å². The number of carbonyl (C=O) groups is 1. The van der Waals surface area contributed by atoms with Crippen molar-refractivity contribution in [3.8, 4) is 0 Å². The van der Waals surface area contributed by atoms with Gasteiger partial charge in [-0.05, 0) is 11.6 Å². The number of pyridine rings is 1. The Bertz CT molecular complexity index is 1170. The third-order valence-corrected chi connectivity index (χ3v) is 4.37. The van der Waals surface area contributed by atoms with Crippen molar-refractivity contribution in [3.05, 3.63) is 89.7 Å². The summed E-state index contributed by atoms with van der Waals surface area (Å²) in [5.41, 5.74) is -0.381. The van der Waals surface area contributed by atoms with E-state index in [1.54, 1.807) is 16.9 Å². The van der Waals surface area contributed by atoms with E-state index >= 15 is 0 Å². The lowest BCUT2D eigenvalue weighted by molar-refractivity contribution is -0.136. The monoisotopic (exact) mass is 396 g/mol. The molecule has 8 heteroatoms. The van der Waals surface area contributed by atoms with Gasteiger partial charge in [-0.15, -0.1) is 0 Å². The molecule has 146 valence electrons. The maximum absolute atomic E-state index is 13.7. The number of benzene rings is 2. The highest BCUT2D eigenvalue weighted by molar-refractivity contribution is 6.07. The summed E-state index contributed by atoms with van der Waals surface area (Å²) in [6.07, 6.45) is -2.12. The first kappa shape index (κ1) is 18.7. The van der Waals surface area contributed by atoms with Gasteiger partial charge in [-0.25, -0.2) is 0 Å². The quantitative estimate of drug-likeness (QED) is 0.542. The van der Waals surface area contributed by atoms with E-state index in [-0.39, 0.29) is 16.7 Å². The zero-order valence-corrected chi connectivity index (χ0v) is 15.0. The van der Waals surface area contributed by atoms with Crippen LogP contribution in [0.2, 0.25) is 0 Å². The zero-order chi connectivity index (χ0) is 20.4. The van der Waals surface area contributed by atoms with Gasteiger partial charge in [0, 0.05) is 23.8 Å². The molecule has 1 N–H and O–H groups in total. The van der Waals surface area contributed by atoms with Crippen LogP contribution in [0.4, 0.5) is 19.0 Å². The topological polar surface area (TPSA) is 59.8 Å². The first-order valence-electron chi connectivity index (χ1n) is 8.75. The summed E-state index contributed by atoms with van der Waals surface area (Å²) >= 11 is 0. The number of rotatable bonds is 4. The molecule has 0 saturated carbocycles. The molecule has 0 atom stereocenters. The Morgan fingerprint density at radius 2 is 1.72 bits per heavy atom. The number of nitrogens with zero attached hydrogens (tertiary/aromatic N) is 3. The molecule has 0 spiro atoms. The van der Waals surface area contributed by atoms with E-state index in [2.05, 4.69) is 15.4 Å². The molecule has 4 aromatic rings. The SMILES string of the molecule is O=C(Nc1ccn(Cc2ccccc2)n1)c1cnc2ccccc2c1C(F)(F)F. The van der Waals surface area contributed by atoms with Crippen LogP contribution in [-0.2, 0) is 12.7 Å². The second-order valence-electron chi connectivity index (χ2n) is 6.40. The Labute approximate surface area is 163 Å². The van der Waals surface area contributed by atoms with Gasteiger partial charge in [0.1, 0.15) is 0 Å². The average Bonchev–Trinajstić information content (AvgIpc) is 3.13. The van der Waals surface area contributed by atoms with Crippen molar-refractivity contribution >= 4 is 22.6 Å². The number of amides is 1.